The fourth-order valence-corrected chi connectivity index (χ4v) is 4.47. The van der Waals surface area contributed by atoms with Crippen molar-refractivity contribution in [2.45, 2.75) is 38.6 Å². The molecule has 0 amide bonds. The van der Waals surface area contributed by atoms with Gasteiger partial charge in [0, 0.05) is 18.3 Å². The summed E-state index contributed by atoms with van der Waals surface area (Å²) in [6.07, 6.45) is -0.0751. The van der Waals surface area contributed by atoms with Crippen molar-refractivity contribution in [3.05, 3.63) is 66.4 Å². The van der Waals surface area contributed by atoms with Gasteiger partial charge in [-0.15, -0.1) is 13.2 Å². The zero-order chi connectivity index (χ0) is 27.1. The van der Waals surface area contributed by atoms with Gasteiger partial charge < -0.3 is 24.6 Å². The number of hydrogen-bond acceptors (Lipinski definition) is 6. The van der Waals surface area contributed by atoms with E-state index in [0.717, 1.165) is 24.0 Å². The highest BCUT2D eigenvalue weighted by Gasteiger charge is 2.31. The molecule has 0 aliphatic heterocycles. The normalized spacial score (nSPS) is 17.5. The van der Waals surface area contributed by atoms with Crippen LogP contribution in [0, 0.1) is 11.8 Å². The molecule has 0 spiro atoms. The first-order chi connectivity index (χ1) is 18.2. The number of hydrogen-bond donors (Lipinski definition) is 2. The maximum Gasteiger partial charge on any atom is 0.573 e. The molecule has 7 nitrogen and oxygen atoms in total. The molecule has 1 aliphatic rings. The Morgan fingerprint density at radius 3 is 2.45 bits per heavy atom. The fraction of sp³-hybridized carbons (Fsp3) is 0.357. The Kier molecular flexibility index (Phi) is 8.60. The van der Waals surface area contributed by atoms with E-state index >= 15 is 0 Å². The average Bonchev–Trinajstić information content (AvgIpc) is 2.90. The number of nitrogens with one attached hydrogen (secondary N) is 1. The third kappa shape index (κ3) is 7.53. The van der Waals surface area contributed by atoms with Gasteiger partial charge in [-0.2, -0.15) is 0 Å². The molecule has 1 aromatic heterocycles. The van der Waals surface area contributed by atoms with Crippen LogP contribution < -0.4 is 19.5 Å². The van der Waals surface area contributed by atoms with Crippen LogP contribution >= 0.6 is 0 Å². The zero-order valence-electron chi connectivity index (χ0n) is 20.8. The number of alkyl halides is 3. The summed E-state index contributed by atoms with van der Waals surface area (Å²) in [5, 5.41) is 12.3. The number of benzene rings is 2. The SMILES string of the molecule is COc1ccc(-c2ccc(NCc3cccc(OC(F)(F)F)c3)nc2)cc1OCC1CCC(C(=O)O)CC1. The van der Waals surface area contributed by atoms with Crippen molar-refractivity contribution < 1.29 is 37.3 Å². The van der Waals surface area contributed by atoms with Crippen molar-refractivity contribution in [1.29, 1.82) is 0 Å². The third-order valence-corrected chi connectivity index (χ3v) is 6.54. The molecule has 38 heavy (non-hydrogen) atoms. The summed E-state index contributed by atoms with van der Waals surface area (Å²) in [5.41, 5.74) is 2.35. The minimum Gasteiger partial charge on any atom is -0.493 e. The quantitative estimate of drug-likeness (QED) is 0.308. The van der Waals surface area contributed by atoms with Gasteiger partial charge in [0.1, 0.15) is 11.6 Å². The number of carboxylic acid groups (broad SMARTS) is 1. The molecule has 3 aromatic rings. The standard InChI is InChI=1S/C28H29F3N2O5/c1-36-24-11-9-21(14-25(24)37-17-18-5-7-20(8-6-18)27(34)35)22-10-12-26(33-16-22)32-15-19-3-2-4-23(13-19)38-28(29,30)31/h2-4,9-14,16,18,20H,5-8,15,17H2,1H3,(H,32,33)(H,34,35). The Hall–Kier alpha value is -3.95. The second-order valence-corrected chi connectivity index (χ2v) is 9.21. The summed E-state index contributed by atoms with van der Waals surface area (Å²) in [5.74, 6) is 0.820. The van der Waals surface area contributed by atoms with E-state index in [-0.39, 0.29) is 18.2 Å². The number of carbonyl (C=O) groups is 1. The number of ether oxygens (including phenoxy) is 3. The van der Waals surface area contributed by atoms with Gasteiger partial charge in [0.15, 0.2) is 11.5 Å². The van der Waals surface area contributed by atoms with Crippen molar-refractivity contribution in [2.75, 3.05) is 19.0 Å². The van der Waals surface area contributed by atoms with Gasteiger partial charge in [0.2, 0.25) is 0 Å². The lowest BCUT2D eigenvalue weighted by Gasteiger charge is -2.26. The molecule has 1 heterocycles. The summed E-state index contributed by atoms with van der Waals surface area (Å²) in [4.78, 5) is 15.6. The highest BCUT2D eigenvalue weighted by Crippen LogP contribution is 2.35. The van der Waals surface area contributed by atoms with Crippen molar-refractivity contribution in [2.24, 2.45) is 11.8 Å². The average molecular weight is 531 g/mol. The number of aliphatic carboxylic acids is 1. The molecule has 2 aromatic carbocycles. The van der Waals surface area contributed by atoms with Crippen LogP contribution in [0.25, 0.3) is 11.1 Å². The fourth-order valence-electron chi connectivity index (χ4n) is 4.47. The van der Waals surface area contributed by atoms with Crippen molar-refractivity contribution in [3.63, 3.8) is 0 Å². The van der Waals surface area contributed by atoms with E-state index < -0.39 is 12.3 Å². The molecule has 10 heteroatoms. The lowest BCUT2D eigenvalue weighted by atomic mass is 9.82. The molecule has 202 valence electrons. The number of nitrogens with zero attached hydrogens (tertiary/aromatic N) is 1. The smallest absolute Gasteiger partial charge is 0.493 e. The van der Waals surface area contributed by atoms with Gasteiger partial charge in [-0.05, 0) is 79.1 Å². The van der Waals surface area contributed by atoms with E-state index in [4.69, 9.17) is 9.47 Å². The molecule has 1 aliphatic carbocycles. The minimum absolute atomic E-state index is 0.261. The molecule has 0 saturated heterocycles. The molecule has 1 saturated carbocycles. The molecular formula is C28H29F3N2O5. The summed E-state index contributed by atoms with van der Waals surface area (Å²) in [6.45, 7) is 0.763. The number of pyridine rings is 1. The Morgan fingerprint density at radius 1 is 1.03 bits per heavy atom. The van der Waals surface area contributed by atoms with E-state index in [0.29, 0.717) is 48.2 Å². The van der Waals surface area contributed by atoms with Crippen LogP contribution in [0.2, 0.25) is 0 Å². The number of methoxy groups -OCH3 is 1. The van der Waals surface area contributed by atoms with Crippen LogP contribution in [0.15, 0.2) is 60.8 Å². The highest BCUT2D eigenvalue weighted by molar-refractivity contribution is 5.70. The predicted molar refractivity (Wildman–Crippen MR) is 135 cm³/mol. The Bertz CT molecular complexity index is 1230. The van der Waals surface area contributed by atoms with Gasteiger partial charge in [-0.3, -0.25) is 4.79 Å². The lowest BCUT2D eigenvalue weighted by molar-refractivity contribution is -0.274. The van der Waals surface area contributed by atoms with Gasteiger partial charge in [0.25, 0.3) is 0 Å². The van der Waals surface area contributed by atoms with E-state index in [1.54, 1.807) is 25.4 Å². The first-order valence-corrected chi connectivity index (χ1v) is 12.3. The Morgan fingerprint density at radius 2 is 1.79 bits per heavy atom. The summed E-state index contributed by atoms with van der Waals surface area (Å²) < 4.78 is 52.9. The van der Waals surface area contributed by atoms with Gasteiger partial charge in [0.05, 0.1) is 19.6 Å². The highest BCUT2D eigenvalue weighted by atomic mass is 19.4. The predicted octanol–water partition coefficient (Wildman–Crippen LogP) is 6.54. The van der Waals surface area contributed by atoms with Crippen LogP contribution in [-0.4, -0.2) is 36.1 Å². The number of aromatic nitrogens is 1. The zero-order valence-corrected chi connectivity index (χ0v) is 20.8. The molecular weight excluding hydrogens is 501 g/mol. The van der Waals surface area contributed by atoms with Crippen LogP contribution in [0.5, 0.6) is 17.2 Å². The molecule has 0 atom stereocenters. The molecule has 0 unspecified atom stereocenters. The summed E-state index contributed by atoms with van der Waals surface area (Å²) >= 11 is 0. The second kappa shape index (κ2) is 12.1. The second-order valence-electron chi connectivity index (χ2n) is 9.21. The van der Waals surface area contributed by atoms with E-state index in [2.05, 4.69) is 15.0 Å². The topological polar surface area (TPSA) is 89.9 Å². The third-order valence-electron chi connectivity index (χ3n) is 6.54. The summed E-state index contributed by atoms with van der Waals surface area (Å²) in [7, 11) is 1.58. The van der Waals surface area contributed by atoms with Gasteiger partial charge in [-0.25, -0.2) is 4.98 Å². The van der Waals surface area contributed by atoms with Crippen LogP contribution in [-0.2, 0) is 11.3 Å². The van der Waals surface area contributed by atoms with Crippen molar-refractivity contribution in [1.82, 2.24) is 4.98 Å². The molecule has 4 rings (SSSR count). The molecule has 1 fully saturated rings. The van der Waals surface area contributed by atoms with Crippen molar-refractivity contribution >= 4 is 11.8 Å². The number of rotatable bonds is 10. The molecule has 0 radical (unpaired) electrons. The number of anilines is 1. The molecule has 2 N–H and O–H groups in total. The largest absolute Gasteiger partial charge is 0.573 e. The van der Waals surface area contributed by atoms with E-state index in [1.807, 2.05) is 24.3 Å². The molecule has 0 bridgehead atoms. The summed E-state index contributed by atoms with van der Waals surface area (Å²) in [6, 6.07) is 15.1. The lowest BCUT2D eigenvalue weighted by Crippen LogP contribution is -2.24. The van der Waals surface area contributed by atoms with Gasteiger partial charge in [-0.1, -0.05) is 18.2 Å². The maximum atomic E-state index is 12.5. The Balaban J connectivity index is 1.36. The van der Waals surface area contributed by atoms with Crippen LogP contribution in [0.4, 0.5) is 19.0 Å². The number of halogens is 3. The van der Waals surface area contributed by atoms with Crippen LogP contribution in [0.3, 0.4) is 0 Å². The first-order valence-electron chi connectivity index (χ1n) is 12.3. The van der Waals surface area contributed by atoms with E-state index in [1.165, 1.54) is 18.2 Å². The Labute approximate surface area is 218 Å². The monoisotopic (exact) mass is 530 g/mol. The maximum absolute atomic E-state index is 12.5. The van der Waals surface area contributed by atoms with Crippen LogP contribution in [0.1, 0.15) is 31.2 Å². The minimum atomic E-state index is -4.74. The first kappa shape index (κ1) is 27.1. The number of carboxylic acids is 1. The van der Waals surface area contributed by atoms with Crippen molar-refractivity contribution in [3.8, 4) is 28.4 Å². The van der Waals surface area contributed by atoms with E-state index in [9.17, 15) is 23.1 Å². The van der Waals surface area contributed by atoms with Gasteiger partial charge >= 0.3 is 12.3 Å².